The highest BCUT2D eigenvalue weighted by Crippen LogP contribution is 2.36. The van der Waals surface area contributed by atoms with Crippen molar-refractivity contribution in [1.29, 1.82) is 0 Å². The van der Waals surface area contributed by atoms with Gasteiger partial charge in [-0.05, 0) is 25.3 Å². The lowest BCUT2D eigenvalue weighted by Gasteiger charge is -2.39. The van der Waals surface area contributed by atoms with Crippen molar-refractivity contribution in [1.82, 2.24) is 4.90 Å². The maximum Gasteiger partial charge on any atom is 0.324 e. The summed E-state index contributed by atoms with van der Waals surface area (Å²) in [6.07, 6.45) is 6.06. The lowest BCUT2D eigenvalue weighted by atomic mass is 9.92. The number of nitrogens with zero attached hydrogens (tertiary/aromatic N) is 1. The van der Waals surface area contributed by atoms with Crippen LogP contribution in [0.2, 0.25) is 0 Å². The summed E-state index contributed by atoms with van der Waals surface area (Å²) in [6, 6.07) is 0. The van der Waals surface area contributed by atoms with Crippen LogP contribution in [0.15, 0.2) is 0 Å². The van der Waals surface area contributed by atoms with E-state index >= 15 is 0 Å². The zero-order valence-electron chi connectivity index (χ0n) is 11.5. The van der Waals surface area contributed by atoms with Crippen LogP contribution in [0.4, 0.5) is 0 Å². The summed E-state index contributed by atoms with van der Waals surface area (Å²) in [7, 11) is 0. The van der Waals surface area contributed by atoms with Crippen LogP contribution < -0.4 is 0 Å². The van der Waals surface area contributed by atoms with Crippen LogP contribution in [0.3, 0.4) is 0 Å². The molecule has 3 heteroatoms. The molecule has 1 saturated carbocycles. The van der Waals surface area contributed by atoms with E-state index in [1.807, 2.05) is 0 Å². The van der Waals surface area contributed by atoms with E-state index in [1.165, 1.54) is 0 Å². The molecule has 1 N–H and O–H groups in total. The van der Waals surface area contributed by atoms with Crippen LogP contribution in [-0.2, 0) is 4.79 Å². The molecule has 0 heterocycles. The standard InChI is InChI=1S/C14H27NO2/c1-4-12(5-2)11-15(6-3)14(13(16)17)9-7-8-10-14/h12H,4-11H2,1-3H3,(H,16,17). The van der Waals surface area contributed by atoms with Crippen LogP contribution in [-0.4, -0.2) is 34.6 Å². The number of hydrogen-bond acceptors (Lipinski definition) is 2. The van der Waals surface area contributed by atoms with Crippen molar-refractivity contribution in [3.8, 4) is 0 Å². The van der Waals surface area contributed by atoms with Crippen LogP contribution in [0.5, 0.6) is 0 Å². The van der Waals surface area contributed by atoms with Crippen LogP contribution in [0.1, 0.15) is 59.3 Å². The summed E-state index contributed by atoms with van der Waals surface area (Å²) in [5.41, 5.74) is -0.558. The van der Waals surface area contributed by atoms with Crippen molar-refractivity contribution >= 4 is 5.97 Å². The fraction of sp³-hybridized carbons (Fsp3) is 0.929. The molecule has 1 aliphatic rings. The minimum atomic E-state index is -0.609. The summed E-state index contributed by atoms with van der Waals surface area (Å²) >= 11 is 0. The molecule has 0 saturated heterocycles. The summed E-state index contributed by atoms with van der Waals surface area (Å²) in [4.78, 5) is 13.9. The van der Waals surface area contributed by atoms with Crippen molar-refractivity contribution in [3.63, 3.8) is 0 Å². The molecule has 100 valence electrons. The molecular formula is C14H27NO2. The molecule has 0 aromatic rings. The van der Waals surface area contributed by atoms with Gasteiger partial charge in [-0.1, -0.05) is 46.5 Å². The van der Waals surface area contributed by atoms with Gasteiger partial charge in [0, 0.05) is 6.54 Å². The molecule has 17 heavy (non-hydrogen) atoms. The third-order valence-corrected chi connectivity index (χ3v) is 4.45. The van der Waals surface area contributed by atoms with E-state index in [4.69, 9.17) is 0 Å². The molecule has 0 aromatic carbocycles. The fourth-order valence-corrected chi connectivity index (χ4v) is 3.09. The van der Waals surface area contributed by atoms with Gasteiger partial charge in [-0.25, -0.2) is 0 Å². The maximum atomic E-state index is 11.6. The molecule has 0 bridgehead atoms. The van der Waals surface area contributed by atoms with Crippen molar-refractivity contribution < 1.29 is 9.90 Å². The maximum absolute atomic E-state index is 11.6. The number of hydrogen-bond donors (Lipinski definition) is 1. The van der Waals surface area contributed by atoms with E-state index < -0.39 is 11.5 Å². The monoisotopic (exact) mass is 241 g/mol. The van der Waals surface area contributed by atoms with E-state index in [1.54, 1.807) is 0 Å². The zero-order chi connectivity index (χ0) is 12.9. The smallest absolute Gasteiger partial charge is 0.324 e. The Morgan fingerprint density at radius 1 is 1.24 bits per heavy atom. The van der Waals surface area contributed by atoms with E-state index in [0.717, 1.165) is 51.6 Å². The molecule has 1 aliphatic carbocycles. The molecule has 0 amide bonds. The number of aliphatic carboxylic acids is 1. The summed E-state index contributed by atoms with van der Waals surface area (Å²) in [5, 5.41) is 9.58. The first-order chi connectivity index (χ1) is 8.10. The molecule has 0 aromatic heterocycles. The quantitative estimate of drug-likeness (QED) is 0.744. The van der Waals surface area contributed by atoms with E-state index in [9.17, 15) is 9.90 Å². The van der Waals surface area contributed by atoms with Gasteiger partial charge < -0.3 is 5.11 Å². The zero-order valence-corrected chi connectivity index (χ0v) is 11.5. The van der Waals surface area contributed by atoms with Gasteiger partial charge in [0.1, 0.15) is 5.54 Å². The van der Waals surface area contributed by atoms with Crippen molar-refractivity contribution in [3.05, 3.63) is 0 Å². The average Bonchev–Trinajstić information content (AvgIpc) is 2.81. The average molecular weight is 241 g/mol. The molecule has 3 nitrogen and oxygen atoms in total. The van der Waals surface area contributed by atoms with Crippen molar-refractivity contribution in [2.45, 2.75) is 64.8 Å². The highest BCUT2D eigenvalue weighted by Gasteiger charge is 2.45. The first kappa shape index (κ1) is 14.5. The second kappa shape index (κ2) is 6.39. The first-order valence-corrected chi connectivity index (χ1v) is 7.09. The van der Waals surface area contributed by atoms with Gasteiger partial charge in [-0.3, -0.25) is 9.69 Å². The van der Waals surface area contributed by atoms with E-state index in [-0.39, 0.29) is 0 Å². The Bertz CT molecular complexity index is 243. The number of carboxylic acids is 1. The summed E-state index contributed by atoms with van der Waals surface area (Å²) in [6.45, 7) is 8.28. The number of carboxylic acid groups (broad SMARTS) is 1. The van der Waals surface area contributed by atoms with Gasteiger partial charge in [0.25, 0.3) is 0 Å². The number of likely N-dealkylation sites (N-methyl/N-ethyl adjacent to an activating group) is 1. The van der Waals surface area contributed by atoms with Crippen LogP contribution in [0, 0.1) is 5.92 Å². The van der Waals surface area contributed by atoms with Crippen molar-refractivity contribution in [2.75, 3.05) is 13.1 Å². The highest BCUT2D eigenvalue weighted by molar-refractivity contribution is 5.79. The summed E-state index contributed by atoms with van der Waals surface area (Å²) < 4.78 is 0. The van der Waals surface area contributed by atoms with Crippen LogP contribution >= 0.6 is 0 Å². The van der Waals surface area contributed by atoms with E-state index in [0.29, 0.717) is 5.92 Å². The molecule has 0 atom stereocenters. The van der Waals surface area contributed by atoms with Gasteiger partial charge >= 0.3 is 5.97 Å². The van der Waals surface area contributed by atoms with Crippen molar-refractivity contribution in [2.24, 2.45) is 5.92 Å². The third kappa shape index (κ3) is 3.01. The van der Waals surface area contributed by atoms with Gasteiger partial charge in [-0.2, -0.15) is 0 Å². The molecule has 0 aliphatic heterocycles. The predicted molar refractivity (Wildman–Crippen MR) is 70.2 cm³/mol. The van der Waals surface area contributed by atoms with E-state index in [2.05, 4.69) is 25.7 Å². The lowest BCUT2D eigenvalue weighted by Crippen LogP contribution is -2.54. The Labute approximate surface area is 105 Å². The Hall–Kier alpha value is -0.570. The minimum absolute atomic E-state index is 0.558. The Kier molecular flexibility index (Phi) is 5.44. The largest absolute Gasteiger partial charge is 0.480 e. The predicted octanol–water partition coefficient (Wildman–Crippen LogP) is 3.14. The second-order valence-corrected chi connectivity index (χ2v) is 5.27. The first-order valence-electron chi connectivity index (χ1n) is 7.09. The molecule has 1 rings (SSSR count). The normalized spacial score (nSPS) is 19.1. The minimum Gasteiger partial charge on any atom is -0.480 e. The van der Waals surface area contributed by atoms with Gasteiger partial charge in [0.2, 0.25) is 0 Å². The Morgan fingerprint density at radius 2 is 1.76 bits per heavy atom. The van der Waals surface area contributed by atoms with Gasteiger partial charge in [0.15, 0.2) is 0 Å². The van der Waals surface area contributed by atoms with Gasteiger partial charge in [-0.15, -0.1) is 0 Å². The third-order valence-electron chi connectivity index (χ3n) is 4.45. The number of carbonyl (C=O) groups is 1. The molecule has 1 fully saturated rings. The van der Waals surface area contributed by atoms with Crippen LogP contribution in [0.25, 0.3) is 0 Å². The SMILES string of the molecule is CCC(CC)CN(CC)C1(C(=O)O)CCCC1. The molecular weight excluding hydrogens is 214 g/mol. The number of rotatable bonds is 7. The second-order valence-electron chi connectivity index (χ2n) is 5.27. The Balaban J connectivity index is 2.79. The molecule has 0 unspecified atom stereocenters. The fourth-order valence-electron chi connectivity index (χ4n) is 3.09. The topological polar surface area (TPSA) is 40.5 Å². The molecule has 0 radical (unpaired) electrons. The van der Waals surface area contributed by atoms with Gasteiger partial charge in [0.05, 0.1) is 0 Å². The summed E-state index contributed by atoms with van der Waals surface area (Å²) in [5.74, 6) is 0.0228. The highest BCUT2D eigenvalue weighted by atomic mass is 16.4. The Morgan fingerprint density at radius 3 is 2.12 bits per heavy atom. The lowest BCUT2D eigenvalue weighted by molar-refractivity contribution is -0.151. The molecule has 0 spiro atoms.